The lowest BCUT2D eigenvalue weighted by Crippen LogP contribution is -2.37. The predicted molar refractivity (Wildman–Crippen MR) is 138 cm³/mol. The van der Waals surface area contributed by atoms with Crippen LogP contribution < -0.4 is 9.64 Å². The van der Waals surface area contributed by atoms with Crippen LogP contribution in [0.25, 0.3) is 11.0 Å². The molecule has 1 aromatic carbocycles. The molecule has 0 radical (unpaired) electrons. The summed E-state index contributed by atoms with van der Waals surface area (Å²) in [6, 6.07) is 7.85. The van der Waals surface area contributed by atoms with Gasteiger partial charge in [-0.1, -0.05) is 12.0 Å². The quantitative estimate of drug-likeness (QED) is 0.508. The van der Waals surface area contributed by atoms with Crippen molar-refractivity contribution in [3.63, 3.8) is 0 Å². The largest absolute Gasteiger partial charge is 0.481 e. The fourth-order valence-corrected chi connectivity index (χ4v) is 4.75. The minimum absolute atomic E-state index is 0.162. The molecule has 1 aliphatic carbocycles. The van der Waals surface area contributed by atoms with E-state index in [9.17, 15) is 14.7 Å². The number of pyridine rings is 1. The first-order valence-corrected chi connectivity index (χ1v) is 12.5. The molecule has 9 nitrogen and oxygen atoms in total. The van der Waals surface area contributed by atoms with E-state index in [4.69, 9.17) is 14.5 Å². The monoisotopic (exact) mass is 502 g/mol. The fraction of sp³-hybridized carbons (Fsp3) is 0.429. The van der Waals surface area contributed by atoms with Crippen LogP contribution in [-0.4, -0.2) is 51.1 Å². The molecule has 2 aliphatic rings. The first-order chi connectivity index (χ1) is 17.8. The van der Waals surface area contributed by atoms with E-state index in [-0.39, 0.29) is 25.0 Å². The molecule has 0 unspecified atom stereocenters. The van der Waals surface area contributed by atoms with E-state index in [2.05, 4.69) is 29.9 Å². The van der Waals surface area contributed by atoms with E-state index in [1.165, 1.54) is 5.56 Å². The molecule has 192 valence electrons. The van der Waals surface area contributed by atoms with Gasteiger partial charge in [0.2, 0.25) is 0 Å². The maximum absolute atomic E-state index is 13.4. The smallest absolute Gasteiger partial charge is 0.308 e. The number of aromatic nitrogens is 3. The Kier molecular flexibility index (Phi) is 6.61. The molecule has 0 bridgehead atoms. The SMILES string of the molecule is CC#CC(=O)N(c1ccc2c(n1)c(O[C@H]1COC[C@@H](C(=O)O)C1)nn2C)c1cc(C)c(C)cc1C1CC1. The lowest BCUT2D eigenvalue weighted by atomic mass is 9.99. The van der Waals surface area contributed by atoms with Crippen LogP contribution in [0.1, 0.15) is 48.8 Å². The third kappa shape index (κ3) is 4.89. The molecule has 2 aromatic heterocycles. The molecule has 1 saturated heterocycles. The van der Waals surface area contributed by atoms with Gasteiger partial charge in [-0.25, -0.2) is 4.98 Å². The molecule has 1 aliphatic heterocycles. The summed E-state index contributed by atoms with van der Waals surface area (Å²) in [6.07, 6.45) is 2.02. The summed E-state index contributed by atoms with van der Waals surface area (Å²) in [7, 11) is 1.79. The van der Waals surface area contributed by atoms with Crippen molar-refractivity contribution in [1.82, 2.24) is 14.8 Å². The molecule has 0 spiro atoms. The maximum Gasteiger partial charge on any atom is 0.308 e. The number of anilines is 2. The van der Waals surface area contributed by atoms with Crippen molar-refractivity contribution in [2.75, 3.05) is 18.1 Å². The van der Waals surface area contributed by atoms with Crippen LogP contribution in [0, 0.1) is 31.6 Å². The van der Waals surface area contributed by atoms with Gasteiger partial charge >= 0.3 is 11.9 Å². The van der Waals surface area contributed by atoms with E-state index in [1.54, 1.807) is 29.6 Å². The van der Waals surface area contributed by atoms with E-state index in [0.717, 1.165) is 35.2 Å². The summed E-state index contributed by atoms with van der Waals surface area (Å²) in [6.45, 7) is 6.18. The number of aliphatic carboxylic acids is 1. The Morgan fingerprint density at radius 3 is 2.65 bits per heavy atom. The van der Waals surface area contributed by atoms with Gasteiger partial charge in [-0.05, 0) is 80.3 Å². The van der Waals surface area contributed by atoms with Gasteiger partial charge in [0.05, 0.1) is 30.3 Å². The number of aryl methyl sites for hydroxylation is 3. The Labute approximate surface area is 215 Å². The third-order valence-corrected chi connectivity index (χ3v) is 7.01. The zero-order valence-electron chi connectivity index (χ0n) is 21.4. The molecule has 3 heterocycles. The number of hydrogen-bond donors (Lipinski definition) is 1. The molecular formula is C28H30N4O5. The molecule has 37 heavy (non-hydrogen) atoms. The third-order valence-electron chi connectivity index (χ3n) is 7.01. The second-order valence-corrected chi connectivity index (χ2v) is 9.80. The minimum Gasteiger partial charge on any atom is -0.481 e. The summed E-state index contributed by atoms with van der Waals surface area (Å²) in [5.41, 5.74) is 5.39. The molecule has 1 amide bonds. The normalized spacial score (nSPS) is 19.2. The van der Waals surface area contributed by atoms with Crippen LogP contribution in [0.4, 0.5) is 11.5 Å². The molecule has 2 atom stereocenters. The zero-order chi connectivity index (χ0) is 26.3. The Bertz CT molecular complexity index is 1450. The van der Waals surface area contributed by atoms with Gasteiger partial charge in [0.15, 0.2) is 5.52 Å². The Morgan fingerprint density at radius 2 is 1.95 bits per heavy atom. The van der Waals surface area contributed by atoms with Crippen molar-refractivity contribution in [2.24, 2.45) is 13.0 Å². The van der Waals surface area contributed by atoms with Gasteiger partial charge in [-0.15, -0.1) is 5.10 Å². The minimum atomic E-state index is -0.911. The van der Waals surface area contributed by atoms with Gasteiger partial charge in [0.25, 0.3) is 5.88 Å². The molecule has 3 aromatic rings. The number of carbonyl (C=O) groups is 2. The van der Waals surface area contributed by atoms with E-state index >= 15 is 0 Å². The van der Waals surface area contributed by atoms with Gasteiger partial charge < -0.3 is 14.6 Å². The number of hydrogen-bond acceptors (Lipinski definition) is 6. The molecule has 9 heteroatoms. The van der Waals surface area contributed by atoms with Crippen molar-refractivity contribution in [2.45, 2.75) is 52.1 Å². The highest BCUT2D eigenvalue weighted by Crippen LogP contribution is 2.46. The number of ether oxygens (including phenoxy) is 2. The molecule has 1 N–H and O–H groups in total. The van der Waals surface area contributed by atoms with Gasteiger partial charge in [0, 0.05) is 13.5 Å². The highest BCUT2D eigenvalue weighted by molar-refractivity contribution is 6.11. The Hall–Kier alpha value is -3.90. The topological polar surface area (TPSA) is 107 Å². The number of carboxylic acids is 1. The first kappa shape index (κ1) is 24.8. The Morgan fingerprint density at radius 1 is 1.19 bits per heavy atom. The van der Waals surface area contributed by atoms with Crippen molar-refractivity contribution < 1.29 is 24.2 Å². The standard InChI is InChI=1S/C28H30N4O5/c1-5-6-25(33)32(23-12-17(3)16(2)11-21(23)18-7-8-18)24-10-9-22-26(29-24)27(30-31(22)4)37-20-13-19(28(34)35)14-36-15-20/h9-12,18-20H,7-8,13-15H2,1-4H3,(H,34,35)/t19-,20+/m0/s1. The molecule has 5 rings (SSSR count). The number of carbonyl (C=O) groups excluding carboxylic acids is 1. The zero-order valence-corrected chi connectivity index (χ0v) is 21.4. The lowest BCUT2D eigenvalue weighted by molar-refractivity contribution is -0.149. The average Bonchev–Trinajstić information content (AvgIpc) is 3.67. The predicted octanol–water partition coefficient (Wildman–Crippen LogP) is 4.02. The second kappa shape index (κ2) is 9.87. The number of rotatable bonds is 6. The number of fused-ring (bicyclic) bond motifs is 1. The van der Waals surface area contributed by atoms with Crippen LogP contribution in [0.15, 0.2) is 24.3 Å². The molecular weight excluding hydrogens is 472 g/mol. The van der Waals surface area contributed by atoms with Crippen molar-refractivity contribution >= 4 is 34.4 Å². The van der Waals surface area contributed by atoms with Crippen molar-refractivity contribution in [3.05, 3.63) is 41.0 Å². The number of benzene rings is 1. The van der Waals surface area contributed by atoms with E-state index < -0.39 is 18.0 Å². The number of carboxylic acid groups (broad SMARTS) is 1. The van der Waals surface area contributed by atoms with Gasteiger partial charge in [0.1, 0.15) is 11.9 Å². The second-order valence-electron chi connectivity index (χ2n) is 9.80. The summed E-state index contributed by atoms with van der Waals surface area (Å²) >= 11 is 0. The summed E-state index contributed by atoms with van der Waals surface area (Å²) in [5.74, 6) is 4.61. The van der Waals surface area contributed by atoms with E-state index in [0.29, 0.717) is 23.7 Å². The lowest BCUT2D eigenvalue weighted by Gasteiger charge is -2.26. The molecule has 2 fully saturated rings. The van der Waals surface area contributed by atoms with Crippen LogP contribution in [0.2, 0.25) is 0 Å². The highest BCUT2D eigenvalue weighted by atomic mass is 16.5. The average molecular weight is 503 g/mol. The summed E-state index contributed by atoms with van der Waals surface area (Å²) in [4.78, 5) is 31.2. The van der Waals surface area contributed by atoms with E-state index in [1.807, 2.05) is 19.1 Å². The first-order valence-electron chi connectivity index (χ1n) is 12.5. The van der Waals surface area contributed by atoms with Crippen LogP contribution in [0.5, 0.6) is 5.88 Å². The van der Waals surface area contributed by atoms with Crippen LogP contribution in [0.3, 0.4) is 0 Å². The van der Waals surface area contributed by atoms with Crippen LogP contribution in [-0.2, 0) is 21.4 Å². The summed E-state index contributed by atoms with van der Waals surface area (Å²) < 4.78 is 13.2. The highest BCUT2D eigenvalue weighted by Gasteiger charge is 2.32. The molecule has 1 saturated carbocycles. The Balaban J connectivity index is 1.58. The summed E-state index contributed by atoms with van der Waals surface area (Å²) in [5, 5.41) is 13.9. The van der Waals surface area contributed by atoms with Crippen molar-refractivity contribution in [3.8, 4) is 17.7 Å². The van der Waals surface area contributed by atoms with Crippen molar-refractivity contribution in [1.29, 1.82) is 0 Å². The van der Waals surface area contributed by atoms with Gasteiger partial charge in [-0.3, -0.25) is 19.2 Å². The maximum atomic E-state index is 13.4. The number of nitrogens with zero attached hydrogens (tertiary/aromatic N) is 4. The van der Waals surface area contributed by atoms with Crippen LogP contribution >= 0.6 is 0 Å². The fourth-order valence-electron chi connectivity index (χ4n) is 4.75. The van der Waals surface area contributed by atoms with Gasteiger partial charge in [-0.2, -0.15) is 0 Å². The number of amides is 1.